The Morgan fingerprint density at radius 2 is 1.72 bits per heavy atom. The molecule has 1 amide bonds. The molecule has 1 saturated carbocycles. The number of para-hydroxylation sites is 1. The van der Waals surface area contributed by atoms with Gasteiger partial charge in [0.15, 0.2) is 11.6 Å². The number of carbonyl (C=O) groups excluding carboxylic acids is 1. The fourth-order valence-electron chi connectivity index (χ4n) is 3.96. The number of halogens is 2. The molecule has 2 N–H and O–H groups in total. The average Bonchev–Trinajstić information content (AvgIpc) is 2.71. The molecule has 1 aromatic heterocycles. The lowest BCUT2D eigenvalue weighted by atomic mass is 9.91. The number of hydrogen-bond donors (Lipinski definition) is 2. The van der Waals surface area contributed by atoms with Crippen molar-refractivity contribution in [2.24, 2.45) is 0 Å². The summed E-state index contributed by atoms with van der Waals surface area (Å²) in [5.74, 6) is -1.82. The summed E-state index contributed by atoms with van der Waals surface area (Å²) in [4.78, 5) is 17.0. The van der Waals surface area contributed by atoms with Crippen molar-refractivity contribution in [3.8, 4) is 0 Å². The van der Waals surface area contributed by atoms with Crippen molar-refractivity contribution in [1.82, 2.24) is 10.3 Å². The van der Waals surface area contributed by atoms with Crippen LogP contribution in [0.4, 0.5) is 14.6 Å². The lowest BCUT2D eigenvalue weighted by Crippen LogP contribution is -2.40. The van der Waals surface area contributed by atoms with Gasteiger partial charge in [0.2, 0.25) is 0 Å². The molecule has 0 bridgehead atoms. The van der Waals surface area contributed by atoms with E-state index in [0.29, 0.717) is 0 Å². The molecule has 150 valence electrons. The number of pyridine rings is 1. The van der Waals surface area contributed by atoms with Gasteiger partial charge in [-0.3, -0.25) is 4.79 Å². The van der Waals surface area contributed by atoms with Crippen LogP contribution in [0.5, 0.6) is 0 Å². The molecule has 0 unspecified atom stereocenters. The molecule has 0 saturated heterocycles. The lowest BCUT2D eigenvalue weighted by Gasteiger charge is -2.30. The van der Waals surface area contributed by atoms with Crippen LogP contribution >= 0.6 is 0 Å². The van der Waals surface area contributed by atoms with Crippen molar-refractivity contribution in [3.63, 3.8) is 0 Å². The number of nitrogens with one attached hydrogen (secondary N) is 2. The van der Waals surface area contributed by atoms with Crippen LogP contribution in [0.3, 0.4) is 0 Å². The van der Waals surface area contributed by atoms with E-state index < -0.39 is 17.5 Å². The summed E-state index contributed by atoms with van der Waals surface area (Å²) in [6, 6.07) is 14.0. The first-order valence-electron chi connectivity index (χ1n) is 9.89. The van der Waals surface area contributed by atoms with Crippen LogP contribution in [0.2, 0.25) is 0 Å². The second-order valence-electron chi connectivity index (χ2n) is 7.61. The molecule has 3 aromatic rings. The summed E-state index contributed by atoms with van der Waals surface area (Å²) in [6.45, 7) is 2.08. The monoisotopic (exact) mass is 395 g/mol. The highest BCUT2D eigenvalue weighted by Gasteiger charge is 2.24. The molecule has 0 radical (unpaired) electrons. The summed E-state index contributed by atoms with van der Waals surface area (Å²) < 4.78 is 27.1. The van der Waals surface area contributed by atoms with Gasteiger partial charge in [-0.15, -0.1) is 0 Å². The molecular weight excluding hydrogens is 372 g/mol. The van der Waals surface area contributed by atoms with Crippen LogP contribution in [0.1, 0.15) is 41.6 Å². The van der Waals surface area contributed by atoms with Gasteiger partial charge in [-0.2, -0.15) is 0 Å². The molecule has 4 nitrogen and oxygen atoms in total. The third-order valence-electron chi connectivity index (χ3n) is 5.53. The highest BCUT2D eigenvalue weighted by Crippen LogP contribution is 2.25. The largest absolute Gasteiger partial charge is 0.367 e. The summed E-state index contributed by atoms with van der Waals surface area (Å²) in [5.41, 5.74) is 1.89. The van der Waals surface area contributed by atoms with Crippen molar-refractivity contribution >= 4 is 22.6 Å². The van der Waals surface area contributed by atoms with Gasteiger partial charge in [-0.05, 0) is 62.4 Å². The van der Waals surface area contributed by atoms with Crippen molar-refractivity contribution in [3.05, 3.63) is 71.3 Å². The second-order valence-corrected chi connectivity index (χ2v) is 7.61. The van der Waals surface area contributed by atoms with Crippen LogP contribution in [0.15, 0.2) is 48.5 Å². The molecule has 29 heavy (non-hydrogen) atoms. The van der Waals surface area contributed by atoms with Crippen LogP contribution in [-0.4, -0.2) is 23.0 Å². The minimum absolute atomic E-state index is 0.0467. The molecule has 0 atom stereocenters. The SMILES string of the molecule is Cc1cc(N[C@H]2CC[C@@H](NC(=O)c3cccc(F)c3F)CC2)nc2ccccc12. The van der Waals surface area contributed by atoms with Crippen molar-refractivity contribution in [2.75, 3.05) is 5.32 Å². The van der Waals surface area contributed by atoms with E-state index in [1.165, 1.54) is 17.7 Å². The Morgan fingerprint density at radius 1 is 1.00 bits per heavy atom. The molecular formula is C23H23F2N3O. The zero-order chi connectivity index (χ0) is 20.4. The molecule has 0 spiro atoms. The number of anilines is 1. The Hall–Kier alpha value is -3.02. The number of aryl methyl sites for hydroxylation is 1. The van der Waals surface area contributed by atoms with E-state index in [1.54, 1.807) is 0 Å². The Balaban J connectivity index is 1.35. The zero-order valence-electron chi connectivity index (χ0n) is 16.2. The summed E-state index contributed by atoms with van der Waals surface area (Å²) in [5, 5.41) is 7.48. The standard InChI is InChI=1S/C23H23F2N3O/c1-14-13-21(28-20-8-3-2-5-17(14)20)26-15-9-11-16(12-10-15)27-23(29)18-6-4-7-19(24)22(18)25/h2-8,13,15-16H,9-12H2,1H3,(H,26,28)(H,27,29)/t15-,16+. The van der Waals surface area contributed by atoms with E-state index in [-0.39, 0.29) is 17.6 Å². The maximum absolute atomic E-state index is 13.8. The lowest BCUT2D eigenvalue weighted by molar-refractivity contribution is 0.0921. The maximum Gasteiger partial charge on any atom is 0.254 e. The third-order valence-corrected chi connectivity index (χ3v) is 5.53. The summed E-state index contributed by atoms with van der Waals surface area (Å²) in [7, 11) is 0. The van der Waals surface area contributed by atoms with Gasteiger partial charge in [-0.25, -0.2) is 13.8 Å². The minimum atomic E-state index is -1.10. The van der Waals surface area contributed by atoms with E-state index in [1.807, 2.05) is 18.2 Å². The third kappa shape index (κ3) is 4.21. The van der Waals surface area contributed by atoms with Gasteiger partial charge in [0.25, 0.3) is 5.91 Å². The predicted molar refractivity (Wildman–Crippen MR) is 110 cm³/mol. The van der Waals surface area contributed by atoms with Gasteiger partial charge < -0.3 is 10.6 Å². The Morgan fingerprint density at radius 3 is 2.52 bits per heavy atom. The number of fused-ring (bicyclic) bond motifs is 1. The van der Waals surface area contributed by atoms with Gasteiger partial charge in [0.05, 0.1) is 11.1 Å². The topological polar surface area (TPSA) is 54.0 Å². The highest BCUT2D eigenvalue weighted by molar-refractivity contribution is 5.94. The number of rotatable bonds is 4. The van der Waals surface area contributed by atoms with Gasteiger partial charge >= 0.3 is 0 Å². The predicted octanol–water partition coefficient (Wildman–Crippen LogP) is 4.97. The molecule has 1 heterocycles. The van der Waals surface area contributed by atoms with Crippen molar-refractivity contribution in [2.45, 2.75) is 44.7 Å². The quantitative estimate of drug-likeness (QED) is 0.655. The first-order chi connectivity index (χ1) is 14.0. The Bertz CT molecular complexity index is 1050. The minimum Gasteiger partial charge on any atom is -0.367 e. The first-order valence-corrected chi connectivity index (χ1v) is 9.89. The Labute approximate surface area is 168 Å². The fraction of sp³-hybridized carbons (Fsp3) is 0.304. The van der Waals surface area contributed by atoms with E-state index in [4.69, 9.17) is 4.98 Å². The van der Waals surface area contributed by atoms with Crippen molar-refractivity contribution in [1.29, 1.82) is 0 Å². The molecule has 1 aliphatic rings. The first kappa shape index (κ1) is 19.3. The van der Waals surface area contributed by atoms with E-state index in [9.17, 15) is 13.6 Å². The van der Waals surface area contributed by atoms with Gasteiger partial charge in [-0.1, -0.05) is 24.3 Å². The molecule has 0 aliphatic heterocycles. The molecule has 1 aliphatic carbocycles. The Kier molecular flexibility index (Phi) is 5.43. The summed E-state index contributed by atoms with van der Waals surface area (Å²) in [6.07, 6.45) is 3.27. The van der Waals surface area contributed by atoms with Crippen LogP contribution in [0.25, 0.3) is 10.9 Å². The zero-order valence-corrected chi connectivity index (χ0v) is 16.2. The van der Waals surface area contributed by atoms with E-state index in [0.717, 1.165) is 48.5 Å². The van der Waals surface area contributed by atoms with Gasteiger partial charge in [0, 0.05) is 17.5 Å². The fourth-order valence-corrected chi connectivity index (χ4v) is 3.96. The number of benzene rings is 2. The number of nitrogens with zero attached hydrogens (tertiary/aromatic N) is 1. The second kappa shape index (κ2) is 8.15. The normalized spacial score (nSPS) is 19.1. The molecule has 1 fully saturated rings. The average molecular weight is 395 g/mol. The molecule has 2 aromatic carbocycles. The number of amides is 1. The van der Waals surface area contributed by atoms with E-state index in [2.05, 4.69) is 29.7 Å². The smallest absolute Gasteiger partial charge is 0.254 e. The van der Waals surface area contributed by atoms with Crippen LogP contribution in [0, 0.1) is 18.6 Å². The molecule has 6 heteroatoms. The van der Waals surface area contributed by atoms with Gasteiger partial charge in [0.1, 0.15) is 5.82 Å². The summed E-state index contributed by atoms with van der Waals surface area (Å²) >= 11 is 0. The number of carbonyl (C=O) groups is 1. The van der Waals surface area contributed by atoms with Crippen molar-refractivity contribution < 1.29 is 13.6 Å². The maximum atomic E-state index is 13.8. The number of aromatic nitrogens is 1. The van der Waals surface area contributed by atoms with Crippen LogP contribution < -0.4 is 10.6 Å². The van der Waals surface area contributed by atoms with Crippen LogP contribution in [-0.2, 0) is 0 Å². The number of hydrogen-bond acceptors (Lipinski definition) is 3. The highest BCUT2D eigenvalue weighted by atomic mass is 19.2. The molecule has 4 rings (SSSR count). The van der Waals surface area contributed by atoms with E-state index >= 15 is 0 Å².